The topological polar surface area (TPSA) is 36.4 Å². The van der Waals surface area contributed by atoms with Gasteiger partial charge in [0.2, 0.25) is 6.41 Å². The molecule has 0 aromatic carbocycles. The van der Waals surface area contributed by atoms with E-state index in [1.165, 1.54) is 5.69 Å². The zero-order chi connectivity index (χ0) is 13.1. The first kappa shape index (κ1) is 12.9. The average molecular weight is 247 g/mol. The Morgan fingerprint density at radius 1 is 1.39 bits per heavy atom. The number of aryl methyl sites for hydroxylation is 2. The van der Waals surface area contributed by atoms with Crippen molar-refractivity contribution in [2.45, 2.75) is 32.7 Å². The lowest BCUT2D eigenvalue weighted by Gasteiger charge is -2.37. The summed E-state index contributed by atoms with van der Waals surface area (Å²) >= 11 is 0. The molecule has 1 fully saturated rings. The molecule has 1 amide bonds. The Bertz CT molecular complexity index is 413. The molecule has 0 spiro atoms. The third-order valence-corrected chi connectivity index (χ3v) is 3.60. The van der Waals surface area contributed by atoms with Crippen LogP contribution in [0, 0.1) is 13.8 Å². The molecular formula is C14H21N3O. The van der Waals surface area contributed by atoms with E-state index in [2.05, 4.69) is 29.1 Å². The third-order valence-electron chi connectivity index (χ3n) is 3.60. The standard InChI is InChI=1S/C14H21N3O/c1-11-7-14(8-12(2)15-11)16(3)13-5-4-6-17(9-13)10-18/h7-8,10,13H,4-6,9H2,1-3H3. The summed E-state index contributed by atoms with van der Waals surface area (Å²) in [5.74, 6) is 0. The van der Waals surface area contributed by atoms with Crippen molar-refractivity contribution in [2.75, 3.05) is 25.0 Å². The fourth-order valence-electron chi connectivity index (χ4n) is 2.62. The lowest BCUT2D eigenvalue weighted by atomic mass is 10.0. The Labute approximate surface area is 109 Å². The van der Waals surface area contributed by atoms with E-state index < -0.39 is 0 Å². The van der Waals surface area contributed by atoms with E-state index in [-0.39, 0.29) is 0 Å². The van der Waals surface area contributed by atoms with Gasteiger partial charge in [0.25, 0.3) is 0 Å². The Balaban J connectivity index is 2.14. The van der Waals surface area contributed by atoms with Gasteiger partial charge in [-0.05, 0) is 38.8 Å². The van der Waals surface area contributed by atoms with Gasteiger partial charge in [-0.25, -0.2) is 0 Å². The number of piperidine rings is 1. The summed E-state index contributed by atoms with van der Waals surface area (Å²) in [4.78, 5) is 19.4. The van der Waals surface area contributed by atoms with Crippen molar-refractivity contribution in [3.63, 3.8) is 0 Å². The zero-order valence-electron chi connectivity index (χ0n) is 11.4. The van der Waals surface area contributed by atoms with Gasteiger partial charge in [-0.3, -0.25) is 9.78 Å². The highest BCUT2D eigenvalue weighted by Crippen LogP contribution is 2.22. The van der Waals surface area contributed by atoms with Gasteiger partial charge >= 0.3 is 0 Å². The number of pyridine rings is 1. The first-order chi connectivity index (χ1) is 8.60. The van der Waals surface area contributed by atoms with Gasteiger partial charge in [0.05, 0.1) is 0 Å². The summed E-state index contributed by atoms with van der Waals surface area (Å²) in [6, 6.07) is 4.62. The van der Waals surface area contributed by atoms with Crippen molar-refractivity contribution in [3.05, 3.63) is 23.5 Å². The van der Waals surface area contributed by atoms with Gasteiger partial charge in [0.1, 0.15) is 0 Å². The number of hydrogen-bond acceptors (Lipinski definition) is 3. The van der Waals surface area contributed by atoms with Crippen molar-refractivity contribution >= 4 is 12.1 Å². The van der Waals surface area contributed by atoms with E-state index in [1.54, 1.807) is 0 Å². The predicted molar refractivity (Wildman–Crippen MR) is 72.8 cm³/mol. The van der Waals surface area contributed by atoms with Crippen molar-refractivity contribution in [3.8, 4) is 0 Å². The number of carbonyl (C=O) groups is 1. The van der Waals surface area contributed by atoms with E-state index in [9.17, 15) is 4.79 Å². The number of rotatable bonds is 3. The second-order valence-electron chi connectivity index (χ2n) is 5.12. The van der Waals surface area contributed by atoms with Crippen LogP contribution in [-0.4, -0.2) is 42.5 Å². The van der Waals surface area contributed by atoms with Crippen LogP contribution in [0.3, 0.4) is 0 Å². The molecule has 1 saturated heterocycles. The molecule has 0 radical (unpaired) electrons. The Morgan fingerprint density at radius 3 is 2.67 bits per heavy atom. The number of nitrogens with zero attached hydrogens (tertiary/aromatic N) is 3. The van der Waals surface area contributed by atoms with Crippen LogP contribution >= 0.6 is 0 Å². The smallest absolute Gasteiger partial charge is 0.209 e. The highest BCUT2D eigenvalue weighted by atomic mass is 16.1. The van der Waals surface area contributed by atoms with E-state index in [1.807, 2.05) is 18.7 Å². The molecule has 0 N–H and O–H groups in total. The minimum atomic E-state index is 0.408. The van der Waals surface area contributed by atoms with Crippen LogP contribution < -0.4 is 4.90 Å². The minimum absolute atomic E-state index is 0.408. The summed E-state index contributed by atoms with van der Waals surface area (Å²) in [5, 5.41) is 0. The summed E-state index contributed by atoms with van der Waals surface area (Å²) in [5.41, 5.74) is 3.28. The van der Waals surface area contributed by atoms with Gasteiger partial charge in [0.15, 0.2) is 0 Å². The van der Waals surface area contributed by atoms with Crippen molar-refractivity contribution in [1.29, 1.82) is 0 Å². The normalized spacial score (nSPS) is 19.7. The van der Waals surface area contributed by atoms with Gasteiger partial charge in [0, 0.05) is 43.3 Å². The number of amides is 1. The number of hydrogen-bond donors (Lipinski definition) is 0. The van der Waals surface area contributed by atoms with Crippen LogP contribution in [0.25, 0.3) is 0 Å². The molecule has 1 aliphatic rings. The number of likely N-dealkylation sites (tertiary alicyclic amines) is 1. The summed E-state index contributed by atoms with van der Waals surface area (Å²) in [6.07, 6.45) is 3.18. The molecule has 2 heterocycles. The van der Waals surface area contributed by atoms with Crippen LogP contribution in [0.4, 0.5) is 5.69 Å². The van der Waals surface area contributed by atoms with Crippen LogP contribution in [0.2, 0.25) is 0 Å². The molecule has 4 nitrogen and oxygen atoms in total. The molecule has 18 heavy (non-hydrogen) atoms. The molecule has 4 heteroatoms. The summed E-state index contributed by atoms with van der Waals surface area (Å²) < 4.78 is 0. The number of likely N-dealkylation sites (N-methyl/N-ethyl adjacent to an activating group) is 1. The zero-order valence-corrected chi connectivity index (χ0v) is 11.4. The molecular weight excluding hydrogens is 226 g/mol. The molecule has 0 saturated carbocycles. The van der Waals surface area contributed by atoms with Crippen LogP contribution in [0.15, 0.2) is 12.1 Å². The lowest BCUT2D eigenvalue weighted by molar-refractivity contribution is -0.119. The second kappa shape index (κ2) is 5.38. The largest absolute Gasteiger partial charge is 0.370 e. The second-order valence-corrected chi connectivity index (χ2v) is 5.12. The van der Waals surface area contributed by atoms with Crippen molar-refractivity contribution < 1.29 is 4.79 Å². The molecule has 1 aromatic rings. The molecule has 1 aliphatic heterocycles. The fourth-order valence-corrected chi connectivity index (χ4v) is 2.62. The number of carbonyl (C=O) groups excluding carboxylic acids is 1. The van der Waals surface area contributed by atoms with E-state index >= 15 is 0 Å². The van der Waals surface area contributed by atoms with E-state index in [0.717, 1.165) is 43.7 Å². The summed E-state index contributed by atoms with van der Waals surface area (Å²) in [6.45, 7) is 5.74. The van der Waals surface area contributed by atoms with Gasteiger partial charge in [-0.1, -0.05) is 0 Å². The Hall–Kier alpha value is -1.58. The van der Waals surface area contributed by atoms with Crippen molar-refractivity contribution in [1.82, 2.24) is 9.88 Å². The van der Waals surface area contributed by atoms with Crippen molar-refractivity contribution in [2.24, 2.45) is 0 Å². The molecule has 98 valence electrons. The maximum absolute atomic E-state index is 10.9. The van der Waals surface area contributed by atoms with Gasteiger partial charge < -0.3 is 9.80 Å². The highest BCUT2D eigenvalue weighted by Gasteiger charge is 2.22. The SMILES string of the molecule is Cc1cc(N(C)C2CCCN(C=O)C2)cc(C)n1. The maximum atomic E-state index is 10.9. The number of anilines is 1. The first-order valence-corrected chi connectivity index (χ1v) is 6.47. The van der Waals surface area contributed by atoms with Crippen LogP contribution in [0.1, 0.15) is 24.2 Å². The highest BCUT2D eigenvalue weighted by molar-refractivity contribution is 5.50. The van der Waals surface area contributed by atoms with E-state index in [4.69, 9.17) is 0 Å². The molecule has 0 aliphatic carbocycles. The average Bonchev–Trinajstić information content (AvgIpc) is 2.37. The molecule has 1 aromatic heterocycles. The number of aromatic nitrogens is 1. The quantitative estimate of drug-likeness (QED) is 0.764. The minimum Gasteiger partial charge on any atom is -0.370 e. The molecule has 0 bridgehead atoms. The maximum Gasteiger partial charge on any atom is 0.209 e. The van der Waals surface area contributed by atoms with Crippen LogP contribution in [0.5, 0.6) is 0 Å². The van der Waals surface area contributed by atoms with Gasteiger partial charge in [-0.2, -0.15) is 0 Å². The fraction of sp³-hybridized carbons (Fsp3) is 0.571. The Morgan fingerprint density at radius 2 is 2.06 bits per heavy atom. The van der Waals surface area contributed by atoms with Gasteiger partial charge in [-0.15, -0.1) is 0 Å². The Kier molecular flexibility index (Phi) is 3.84. The van der Waals surface area contributed by atoms with Crippen LogP contribution in [-0.2, 0) is 4.79 Å². The molecule has 1 atom stereocenters. The predicted octanol–water partition coefficient (Wildman–Crippen LogP) is 1.76. The van der Waals surface area contributed by atoms with E-state index in [0.29, 0.717) is 6.04 Å². The monoisotopic (exact) mass is 247 g/mol. The third kappa shape index (κ3) is 2.81. The lowest BCUT2D eigenvalue weighted by Crippen LogP contribution is -2.46. The summed E-state index contributed by atoms with van der Waals surface area (Å²) in [7, 11) is 2.10. The first-order valence-electron chi connectivity index (χ1n) is 6.47. The molecule has 1 unspecified atom stereocenters. The molecule has 2 rings (SSSR count).